The lowest BCUT2D eigenvalue weighted by Crippen LogP contribution is -2.57. The highest BCUT2D eigenvalue weighted by Crippen LogP contribution is 2.55. The number of ether oxygens (including phenoxy) is 1. The first-order chi connectivity index (χ1) is 17.2. The second kappa shape index (κ2) is 9.33. The number of hydrogen-bond donors (Lipinski definition) is 2. The quantitative estimate of drug-likeness (QED) is 0.591. The zero-order valence-electron chi connectivity index (χ0n) is 22.0. The zero-order valence-corrected chi connectivity index (χ0v) is 22.0. The minimum Gasteiger partial charge on any atom is -0.359 e. The normalized spacial score (nSPS) is 36.8. The predicted molar refractivity (Wildman–Crippen MR) is 138 cm³/mol. The molecule has 1 aromatic rings. The summed E-state index contributed by atoms with van der Waals surface area (Å²) in [6.07, 6.45) is 7.17. The van der Waals surface area contributed by atoms with Crippen LogP contribution in [-0.4, -0.2) is 53.0 Å². The number of fused-ring (bicyclic) bond motifs is 1. The summed E-state index contributed by atoms with van der Waals surface area (Å²) >= 11 is 0. The van der Waals surface area contributed by atoms with Crippen LogP contribution in [0.25, 0.3) is 0 Å². The molecule has 7 nitrogen and oxygen atoms in total. The molecular formula is C29H39N3O4. The van der Waals surface area contributed by atoms with Crippen molar-refractivity contribution in [2.75, 3.05) is 11.9 Å². The molecule has 5 rings (SSSR count). The SMILES string of the molecule is CCCN1C(=O)C2C(C(=O)Nc3ccc(C)c(C)c3)C3C=CC2(O3)C1C(=O)NC1CCCC(C)C1C. The summed E-state index contributed by atoms with van der Waals surface area (Å²) in [4.78, 5) is 42.8. The number of aryl methyl sites for hydroxylation is 2. The Morgan fingerprint density at radius 3 is 2.64 bits per heavy atom. The zero-order chi connectivity index (χ0) is 25.8. The number of likely N-dealkylation sites (tertiary alicyclic amines) is 1. The Kier molecular flexibility index (Phi) is 6.48. The molecule has 3 fully saturated rings. The van der Waals surface area contributed by atoms with E-state index in [2.05, 4.69) is 24.5 Å². The maximum Gasteiger partial charge on any atom is 0.246 e. The van der Waals surface area contributed by atoms with Crippen LogP contribution in [0.3, 0.4) is 0 Å². The Morgan fingerprint density at radius 2 is 1.92 bits per heavy atom. The topological polar surface area (TPSA) is 87.7 Å². The Balaban J connectivity index is 1.42. The van der Waals surface area contributed by atoms with E-state index in [1.807, 2.05) is 51.1 Å². The molecule has 8 unspecified atom stereocenters. The molecule has 8 atom stereocenters. The number of hydrogen-bond acceptors (Lipinski definition) is 4. The van der Waals surface area contributed by atoms with E-state index < -0.39 is 29.6 Å². The van der Waals surface area contributed by atoms with Gasteiger partial charge < -0.3 is 20.3 Å². The van der Waals surface area contributed by atoms with Gasteiger partial charge in [0.25, 0.3) is 0 Å². The molecule has 1 aliphatic carbocycles. The Morgan fingerprint density at radius 1 is 1.14 bits per heavy atom. The third-order valence-corrected chi connectivity index (χ3v) is 9.20. The molecule has 194 valence electrons. The average molecular weight is 494 g/mol. The van der Waals surface area contributed by atoms with Crippen molar-refractivity contribution < 1.29 is 19.1 Å². The van der Waals surface area contributed by atoms with Gasteiger partial charge in [0.15, 0.2) is 0 Å². The standard InChI is InChI=1S/C29H39N3O4/c1-6-14-32-25(27(34)31-21-9-7-8-17(3)19(21)5)29-13-12-22(36-29)23(24(29)28(32)35)26(33)30-20-11-10-16(2)18(4)15-20/h10-13,15,17,19,21-25H,6-9,14H2,1-5H3,(H,30,33)(H,31,34). The molecule has 2 N–H and O–H groups in total. The number of carbonyl (C=O) groups excluding carboxylic acids is 3. The van der Waals surface area contributed by atoms with Crippen molar-refractivity contribution in [2.24, 2.45) is 23.7 Å². The summed E-state index contributed by atoms with van der Waals surface area (Å²) in [5, 5.41) is 6.30. The number of benzene rings is 1. The van der Waals surface area contributed by atoms with Gasteiger partial charge in [0, 0.05) is 18.3 Å². The van der Waals surface area contributed by atoms with Gasteiger partial charge >= 0.3 is 0 Å². The van der Waals surface area contributed by atoms with Crippen LogP contribution in [0.15, 0.2) is 30.4 Å². The summed E-state index contributed by atoms with van der Waals surface area (Å²) in [6.45, 7) is 10.9. The van der Waals surface area contributed by atoms with Crippen molar-refractivity contribution in [1.29, 1.82) is 0 Å². The number of anilines is 1. The van der Waals surface area contributed by atoms with E-state index in [0.717, 1.165) is 30.4 Å². The Labute approximate surface area is 214 Å². The molecule has 3 amide bonds. The first-order valence-corrected chi connectivity index (χ1v) is 13.5. The van der Waals surface area contributed by atoms with Crippen molar-refractivity contribution in [3.63, 3.8) is 0 Å². The summed E-state index contributed by atoms with van der Waals surface area (Å²) in [7, 11) is 0. The summed E-state index contributed by atoms with van der Waals surface area (Å²) < 4.78 is 6.42. The van der Waals surface area contributed by atoms with Crippen molar-refractivity contribution >= 4 is 23.4 Å². The van der Waals surface area contributed by atoms with E-state index in [-0.39, 0.29) is 23.8 Å². The van der Waals surface area contributed by atoms with Crippen molar-refractivity contribution in [2.45, 2.75) is 84.1 Å². The van der Waals surface area contributed by atoms with Gasteiger partial charge in [0.05, 0.1) is 17.9 Å². The van der Waals surface area contributed by atoms with E-state index in [9.17, 15) is 14.4 Å². The minimum absolute atomic E-state index is 0.0849. The van der Waals surface area contributed by atoms with Crippen LogP contribution < -0.4 is 10.6 Å². The molecule has 7 heteroatoms. The Bertz CT molecular complexity index is 1100. The molecule has 0 aromatic heterocycles. The molecule has 0 radical (unpaired) electrons. The first kappa shape index (κ1) is 25.0. The number of carbonyl (C=O) groups is 3. The fraction of sp³-hybridized carbons (Fsp3) is 0.621. The van der Waals surface area contributed by atoms with Crippen molar-refractivity contribution in [1.82, 2.24) is 10.2 Å². The molecule has 2 bridgehead atoms. The van der Waals surface area contributed by atoms with Gasteiger partial charge in [-0.25, -0.2) is 0 Å². The van der Waals surface area contributed by atoms with Crippen molar-refractivity contribution in [3.05, 3.63) is 41.5 Å². The maximum atomic E-state index is 13.8. The number of amides is 3. The molecule has 4 aliphatic rings. The van der Waals surface area contributed by atoms with Gasteiger partial charge in [0.1, 0.15) is 11.6 Å². The maximum absolute atomic E-state index is 13.8. The van der Waals surface area contributed by atoms with Crippen LogP contribution in [0.5, 0.6) is 0 Å². The molecule has 36 heavy (non-hydrogen) atoms. The highest BCUT2D eigenvalue weighted by molar-refractivity contribution is 6.02. The predicted octanol–water partition coefficient (Wildman–Crippen LogP) is 3.74. The fourth-order valence-electron chi connectivity index (χ4n) is 6.84. The highest BCUT2D eigenvalue weighted by Gasteiger charge is 2.72. The van der Waals surface area contributed by atoms with E-state index in [1.54, 1.807) is 4.90 Å². The van der Waals surface area contributed by atoms with Crippen LogP contribution in [0.2, 0.25) is 0 Å². The number of nitrogens with one attached hydrogen (secondary N) is 2. The molecular weight excluding hydrogens is 454 g/mol. The number of rotatable bonds is 6. The average Bonchev–Trinajstić information content (AvgIpc) is 3.47. The second-order valence-electron chi connectivity index (χ2n) is 11.4. The van der Waals surface area contributed by atoms with E-state index in [1.165, 1.54) is 6.42 Å². The van der Waals surface area contributed by atoms with E-state index >= 15 is 0 Å². The second-order valence-corrected chi connectivity index (χ2v) is 11.4. The van der Waals surface area contributed by atoms with Crippen LogP contribution in [0, 0.1) is 37.5 Å². The van der Waals surface area contributed by atoms with Crippen LogP contribution in [0.1, 0.15) is 57.6 Å². The molecule has 3 heterocycles. The van der Waals surface area contributed by atoms with Gasteiger partial charge in [0.2, 0.25) is 17.7 Å². The lowest BCUT2D eigenvalue weighted by Gasteiger charge is -2.38. The summed E-state index contributed by atoms with van der Waals surface area (Å²) in [5.41, 5.74) is 1.84. The monoisotopic (exact) mass is 493 g/mol. The minimum atomic E-state index is -1.10. The van der Waals surface area contributed by atoms with Gasteiger partial charge in [-0.15, -0.1) is 0 Å². The molecule has 3 aliphatic heterocycles. The third kappa shape index (κ3) is 3.87. The van der Waals surface area contributed by atoms with Gasteiger partial charge in [-0.3, -0.25) is 14.4 Å². The lowest BCUT2D eigenvalue weighted by molar-refractivity contribution is -0.141. The third-order valence-electron chi connectivity index (χ3n) is 9.20. The van der Waals surface area contributed by atoms with Gasteiger partial charge in [-0.2, -0.15) is 0 Å². The summed E-state index contributed by atoms with van der Waals surface area (Å²) in [6, 6.07) is 5.11. The lowest BCUT2D eigenvalue weighted by atomic mass is 9.73. The van der Waals surface area contributed by atoms with E-state index in [4.69, 9.17) is 4.74 Å². The Hall–Kier alpha value is -2.67. The van der Waals surface area contributed by atoms with E-state index in [0.29, 0.717) is 24.1 Å². The summed E-state index contributed by atoms with van der Waals surface area (Å²) in [5.74, 6) is -1.01. The fourth-order valence-corrected chi connectivity index (χ4v) is 6.84. The van der Waals surface area contributed by atoms with Crippen LogP contribution >= 0.6 is 0 Å². The smallest absolute Gasteiger partial charge is 0.246 e. The molecule has 2 saturated heterocycles. The first-order valence-electron chi connectivity index (χ1n) is 13.5. The highest BCUT2D eigenvalue weighted by atomic mass is 16.5. The van der Waals surface area contributed by atoms with Gasteiger partial charge in [-0.05, 0) is 61.8 Å². The van der Waals surface area contributed by atoms with Gasteiger partial charge in [-0.1, -0.05) is 51.8 Å². The molecule has 1 spiro atoms. The molecule has 1 saturated carbocycles. The van der Waals surface area contributed by atoms with Crippen LogP contribution in [0.4, 0.5) is 5.69 Å². The van der Waals surface area contributed by atoms with Crippen molar-refractivity contribution in [3.8, 4) is 0 Å². The number of nitrogens with zero attached hydrogens (tertiary/aromatic N) is 1. The largest absolute Gasteiger partial charge is 0.359 e. The van der Waals surface area contributed by atoms with Crippen LogP contribution in [-0.2, 0) is 19.1 Å². The molecule has 1 aromatic carbocycles.